The predicted molar refractivity (Wildman–Crippen MR) is 123 cm³/mol. The van der Waals surface area contributed by atoms with Gasteiger partial charge < -0.3 is 45.6 Å². The van der Waals surface area contributed by atoms with Crippen LogP contribution < -0.4 is 11.1 Å². The number of phosphoric ester groups is 1. The van der Waals surface area contributed by atoms with Crippen molar-refractivity contribution < 1.29 is 61.4 Å². The van der Waals surface area contributed by atoms with Crippen LogP contribution in [0.2, 0.25) is 0 Å². The number of phosphoric acid groups is 3. The maximum absolute atomic E-state index is 12.0. The molecule has 9 N–H and O–H groups in total. The molecule has 0 saturated carbocycles. The molecule has 2 aromatic rings. The summed E-state index contributed by atoms with van der Waals surface area (Å²) in [5.74, 6) is 0.182. The summed E-state index contributed by atoms with van der Waals surface area (Å²) in [6, 6.07) is 0. The number of nitrogens with two attached hydrogens (primary N) is 1. The van der Waals surface area contributed by atoms with Crippen LogP contribution in [0, 0.1) is 5.41 Å². The number of nitrogens with one attached hydrogen (secondary N) is 1. The van der Waals surface area contributed by atoms with Crippen LogP contribution in [0.3, 0.4) is 0 Å². The number of nitrogens with zero attached hydrogens (tertiary/aromatic N) is 4. The van der Waals surface area contributed by atoms with Crippen LogP contribution >= 0.6 is 23.5 Å². The smallest absolute Gasteiger partial charge is 0.387 e. The van der Waals surface area contributed by atoms with Crippen molar-refractivity contribution >= 4 is 46.4 Å². The molecule has 37 heavy (non-hydrogen) atoms. The van der Waals surface area contributed by atoms with Crippen molar-refractivity contribution in [1.29, 1.82) is 0 Å². The fourth-order valence-electron chi connectivity index (χ4n) is 3.19. The van der Waals surface area contributed by atoms with E-state index in [0.29, 0.717) is 6.54 Å². The zero-order chi connectivity index (χ0) is 28.0. The summed E-state index contributed by atoms with van der Waals surface area (Å²) < 4.78 is 52.9. The van der Waals surface area contributed by atoms with Crippen LogP contribution in [0.4, 0.5) is 11.8 Å². The molecule has 22 heteroatoms. The zero-order valence-electron chi connectivity index (χ0n) is 19.5. The molecule has 1 saturated heterocycles. The van der Waals surface area contributed by atoms with Gasteiger partial charge >= 0.3 is 23.5 Å². The van der Waals surface area contributed by atoms with E-state index in [1.807, 2.05) is 20.8 Å². The van der Waals surface area contributed by atoms with Gasteiger partial charge in [-0.25, -0.2) is 28.6 Å². The fourth-order valence-corrected chi connectivity index (χ4v) is 6.22. The minimum Gasteiger partial charge on any atom is -0.387 e. The Kier molecular flexibility index (Phi) is 8.54. The number of aliphatic hydroxyl groups excluding tert-OH is 2. The van der Waals surface area contributed by atoms with Gasteiger partial charge in [0.15, 0.2) is 23.2 Å². The van der Waals surface area contributed by atoms with Gasteiger partial charge in [-0.1, -0.05) is 20.8 Å². The zero-order valence-corrected chi connectivity index (χ0v) is 22.2. The number of ether oxygens (including phenoxy) is 1. The number of fused-ring (bicyclic) bond motifs is 1. The van der Waals surface area contributed by atoms with Gasteiger partial charge in [-0.05, 0) is 5.41 Å². The van der Waals surface area contributed by atoms with Crippen LogP contribution in [0.5, 0.6) is 0 Å². The molecule has 0 bridgehead atoms. The molecule has 0 amide bonds. The van der Waals surface area contributed by atoms with E-state index in [0.717, 1.165) is 6.33 Å². The number of imidazole rings is 1. The van der Waals surface area contributed by atoms with E-state index < -0.39 is 54.6 Å². The largest absolute Gasteiger partial charge is 0.490 e. The molecule has 210 valence electrons. The Labute approximate surface area is 209 Å². The lowest BCUT2D eigenvalue weighted by Crippen LogP contribution is -2.34. The van der Waals surface area contributed by atoms with E-state index in [1.165, 1.54) is 4.57 Å². The van der Waals surface area contributed by atoms with Gasteiger partial charge in [-0.2, -0.15) is 8.62 Å². The van der Waals surface area contributed by atoms with E-state index in [-0.39, 0.29) is 28.3 Å². The number of rotatable bonds is 10. The standard InChI is InChI=1S/C15H27N6O13P3/c1-15(2,3)5-17-14-20-8-11(16)18-6-19-12(8)21(14)13-10(23)9(22)7(32-13)4-31-36(27,28)34-37(29,30)33-35(24,25)26/h6-7,9-10,13,22-23H,4-5H2,1-3H3,(H,17,20)(H,27,28)(H,29,30)(H2,16,18,19)(H2,24,25,26)/t7-,9-,10-,13-/m1/s1. The van der Waals surface area contributed by atoms with Gasteiger partial charge in [-0.15, -0.1) is 0 Å². The Morgan fingerprint density at radius 2 is 1.73 bits per heavy atom. The van der Waals surface area contributed by atoms with Gasteiger partial charge in [0.1, 0.15) is 24.6 Å². The number of aromatic nitrogens is 4. The topological polar surface area (TPSA) is 291 Å². The van der Waals surface area contributed by atoms with Crippen molar-refractivity contribution in [2.75, 3.05) is 24.2 Å². The molecule has 2 unspecified atom stereocenters. The predicted octanol–water partition coefficient (Wildman–Crippen LogP) is -0.171. The second-order valence-corrected chi connectivity index (χ2v) is 13.5. The molecule has 1 aliphatic heterocycles. The highest BCUT2D eigenvalue weighted by Gasteiger charge is 2.47. The van der Waals surface area contributed by atoms with Gasteiger partial charge in [0.2, 0.25) is 5.95 Å². The Morgan fingerprint density at radius 3 is 2.32 bits per heavy atom. The third kappa shape index (κ3) is 7.74. The molecule has 0 aliphatic carbocycles. The SMILES string of the molecule is CC(C)(C)CNc1nc2c(N)ncnc2n1[C@@H]1O[C@H](COP(=O)(O)OP(=O)(O)OP(=O)(O)O)[C@@H](O)[C@H]1O. The highest BCUT2D eigenvalue weighted by Crippen LogP contribution is 2.66. The number of aliphatic hydroxyl groups is 2. The van der Waals surface area contributed by atoms with E-state index in [1.54, 1.807) is 0 Å². The average Bonchev–Trinajstić information content (AvgIpc) is 3.20. The number of nitrogen functional groups attached to an aromatic ring is 1. The van der Waals surface area contributed by atoms with Crippen LogP contribution in [0.25, 0.3) is 11.2 Å². The van der Waals surface area contributed by atoms with Crippen molar-refractivity contribution in [1.82, 2.24) is 19.5 Å². The second kappa shape index (κ2) is 10.5. The monoisotopic (exact) mass is 592 g/mol. The van der Waals surface area contributed by atoms with Gasteiger partial charge in [0.05, 0.1) is 6.61 Å². The highest BCUT2D eigenvalue weighted by molar-refractivity contribution is 7.66. The summed E-state index contributed by atoms with van der Waals surface area (Å²) in [6.45, 7) is 5.28. The minimum absolute atomic E-state index is 0.0276. The Bertz CT molecular complexity index is 1280. The van der Waals surface area contributed by atoms with E-state index in [9.17, 15) is 33.7 Å². The number of hydrogen-bond acceptors (Lipinski definition) is 14. The minimum atomic E-state index is -5.74. The fraction of sp³-hybridized carbons (Fsp3) is 0.667. The summed E-state index contributed by atoms with van der Waals surface area (Å²) in [7, 11) is -16.8. The van der Waals surface area contributed by atoms with Gasteiger partial charge in [0.25, 0.3) is 0 Å². The van der Waals surface area contributed by atoms with Crippen LogP contribution in [-0.2, 0) is 31.6 Å². The first-order valence-electron chi connectivity index (χ1n) is 10.3. The molecule has 19 nitrogen and oxygen atoms in total. The molecule has 0 spiro atoms. The van der Waals surface area contributed by atoms with E-state index >= 15 is 0 Å². The van der Waals surface area contributed by atoms with Crippen LogP contribution in [0.15, 0.2) is 6.33 Å². The number of hydrogen-bond donors (Lipinski definition) is 8. The van der Waals surface area contributed by atoms with E-state index in [2.05, 4.69) is 33.4 Å². The van der Waals surface area contributed by atoms with Crippen LogP contribution in [0.1, 0.15) is 27.0 Å². The Hall–Kier alpha value is -1.56. The van der Waals surface area contributed by atoms with Crippen molar-refractivity contribution in [2.24, 2.45) is 5.41 Å². The molecule has 2 aromatic heterocycles. The van der Waals surface area contributed by atoms with Crippen molar-refractivity contribution in [2.45, 2.75) is 45.3 Å². The summed E-state index contributed by atoms with van der Waals surface area (Å²) in [6.07, 6.45) is -5.10. The Balaban J connectivity index is 1.81. The molecule has 1 aliphatic rings. The molecule has 3 heterocycles. The highest BCUT2D eigenvalue weighted by atomic mass is 31.3. The first-order chi connectivity index (χ1) is 16.8. The summed E-state index contributed by atoms with van der Waals surface area (Å²) in [5.41, 5.74) is 5.99. The lowest BCUT2D eigenvalue weighted by molar-refractivity contribution is -0.0494. The molecule has 1 fully saturated rings. The lowest BCUT2D eigenvalue weighted by atomic mass is 9.97. The first-order valence-corrected chi connectivity index (χ1v) is 14.8. The van der Waals surface area contributed by atoms with Crippen molar-refractivity contribution in [3.05, 3.63) is 6.33 Å². The third-order valence-corrected chi connectivity index (χ3v) is 8.49. The molecule has 0 radical (unpaired) electrons. The molecule has 0 aromatic carbocycles. The maximum Gasteiger partial charge on any atom is 0.490 e. The van der Waals surface area contributed by atoms with Gasteiger partial charge in [-0.3, -0.25) is 9.09 Å². The summed E-state index contributed by atoms with van der Waals surface area (Å²) >= 11 is 0. The van der Waals surface area contributed by atoms with Crippen molar-refractivity contribution in [3.63, 3.8) is 0 Å². The lowest BCUT2D eigenvalue weighted by Gasteiger charge is -2.23. The summed E-state index contributed by atoms with van der Waals surface area (Å²) in [5, 5.41) is 24.2. The normalized spacial score (nSPS) is 26.2. The van der Waals surface area contributed by atoms with Crippen molar-refractivity contribution in [3.8, 4) is 0 Å². The summed E-state index contributed by atoms with van der Waals surface area (Å²) in [4.78, 5) is 48.4. The maximum atomic E-state index is 12.0. The Morgan fingerprint density at radius 1 is 1.08 bits per heavy atom. The molecular formula is C15H27N6O13P3. The second-order valence-electron chi connectivity index (χ2n) is 9.08. The molecular weight excluding hydrogens is 565 g/mol. The van der Waals surface area contributed by atoms with Gasteiger partial charge in [0, 0.05) is 6.54 Å². The molecule has 6 atom stereocenters. The molecule has 3 rings (SSSR count). The van der Waals surface area contributed by atoms with E-state index in [4.69, 9.17) is 20.3 Å². The quantitative estimate of drug-likeness (QED) is 0.166. The average molecular weight is 592 g/mol. The van der Waals surface area contributed by atoms with Crippen LogP contribution in [-0.4, -0.2) is 80.8 Å². The number of anilines is 2. The first kappa shape index (κ1) is 30.0. The third-order valence-electron chi connectivity index (χ3n) is 4.69.